The van der Waals surface area contributed by atoms with Crippen LogP contribution in [0.25, 0.3) is 0 Å². The first-order valence-electron chi connectivity index (χ1n) is 3.33. The summed E-state index contributed by atoms with van der Waals surface area (Å²) in [4.78, 5) is 0. The molecule has 0 spiro atoms. The minimum Gasteiger partial charge on any atom is -0.370 e. The first kappa shape index (κ1) is 4.80. The summed E-state index contributed by atoms with van der Waals surface area (Å²) in [5.74, 6) is 0. The smallest absolute Gasteiger partial charge is 0.0847 e. The van der Waals surface area contributed by atoms with Crippen LogP contribution in [-0.2, 0) is 4.74 Å². The first-order chi connectivity index (χ1) is 3.67. The highest BCUT2D eigenvalue weighted by molar-refractivity contribution is 4.99. The molecule has 2 aliphatic rings. The van der Waals surface area contributed by atoms with Crippen LogP contribution in [0, 0.1) is 5.41 Å². The molecule has 1 heterocycles. The summed E-state index contributed by atoms with van der Waals surface area (Å²) in [6.07, 6.45) is 3.89. The lowest BCUT2D eigenvalue weighted by molar-refractivity contribution is 0.212. The molecule has 2 atom stereocenters. The van der Waals surface area contributed by atoms with Gasteiger partial charge in [0.15, 0.2) is 0 Å². The molecule has 1 aliphatic carbocycles. The Balaban J connectivity index is 2.08. The highest BCUT2D eigenvalue weighted by Crippen LogP contribution is 2.49. The average Bonchev–Trinajstić information content (AvgIpc) is 2.11. The maximum absolute atomic E-state index is 5.29. The number of hydrogen-bond acceptors (Lipinski definition) is 1. The van der Waals surface area contributed by atoms with E-state index in [9.17, 15) is 0 Å². The molecule has 0 aromatic carbocycles. The van der Waals surface area contributed by atoms with Crippen LogP contribution in [0.2, 0.25) is 0 Å². The topological polar surface area (TPSA) is 12.5 Å². The van der Waals surface area contributed by atoms with Crippen LogP contribution in [0.15, 0.2) is 0 Å². The summed E-state index contributed by atoms with van der Waals surface area (Å²) in [7, 11) is 0. The second-order valence-electron chi connectivity index (χ2n) is 3.79. The van der Waals surface area contributed by atoms with Crippen molar-refractivity contribution in [1.82, 2.24) is 0 Å². The summed E-state index contributed by atoms with van der Waals surface area (Å²) in [6, 6.07) is 0. The number of ether oxygens (including phenoxy) is 1. The fraction of sp³-hybridized carbons (Fsp3) is 1.00. The molecule has 0 amide bonds. The van der Waals surface area contributed by atoms with E-state index in [0.29, 0.717) is 17.6 Å². The zero-order valence-corrected chi connectivity index (χ0v) is 5.48. The van der Waals surface area contributed by atoms with Gasteiger partial charge in [0.05, 0.1) is 12.2 Å². The predicted molar refractivity (Wildman–Crippen MR) is 31.7 cm³/mol. The van der Waals surface area contributed by atoms with Crippen molar-refractivity contribution in [2.75, 3.05) is 0 Å². The van der Waals surface area contributed by atoms with Gasteiger partial charge >= 0.3 is 0 Å². The van der Waals surface area contributed by atoms with E-state index in [1.54, 1.807) is 0 Å². The van der Waals surface area contributed by atoms with Crippen LogP contribution in [-0.4, -0.2) is 12.2 Å². The fourth-order valence-electron chi connectivity index (χ4n) is 1.71. The molecule has 0 aromatic heterocycles. The van der Waals surface area contributed by atoms with Gasteiger partial charge in [-0.2, -0.15) is 0 Å². The Bertz CT molecular complexity index is 106. The van der Waals surface area contributed by atoms with E-state index < -0.39 is 0 Å². The lowest BCUT2D eigenvalue weighted by atomic mass is 9.91. The molecular weight excluding hydrogens is 100 g/mol. The molecule has 1 nitrogen and oxygen atoms in total. The first-order valence-corrected chi connectivity index (χ1v) is 3.33. The van der Waals surface area contributed by atoms with Crippen molar-refractivity contribution >= 4 is 0 Å². The van der Waals surface area contributed by atoms with Crippen molar-refractivity contribution in [1.29, 1.82) is 0 Å². The molecule has 2 rings (SSSR count). The summed E-state index contributed by atoms with van der Waals surface area (Å²) >= 11 is 0. The lowest BCUT2D eigenvalue weighted by Gasteiger charge is -2.17. The summed E-state index contributed by atoms with van der Waals surface area (Å²) < 4.78 is 5.29. The van der Waals surface area contributed by atoms with Crippen LogP contribution in [0.3, 0.4) is 0 Å². The van der Waals surface area contributed by atoms with Gasteiger partial charge in [0.2, 0.25) is 0 Å². The van der Waals surface area contributed by atoms with E-state index in [4.69, 9.17) is 4.74 Å². The van der Waals surface area contributed by atoms with E-state index in [1.807, 2.05) is 0 Å². The molecule has 1 saturated heterocycles. The molecule has 0 N–H and O–H groups in total. The number of epoxide rings is 1. The van der Waals surface area contributed by atoms with Crippen LogP contribution in [0.1, 0.15) is 26.7 Å². The molecule has 0 radical (unpaired) electrons. The Morgan fingerprint density at radius 1 is 1.25 bits per heavy atom. The van der Waals surface area contributed by atoms with Gasteiger partial charge in [-0.25, -0.2) is 0 Å². The van der Waals surface area contributed by atoms with Crippen molar-refractivity contribution in [3.63, 3.8) is 0 Å². The van der Waals surface area contributed by atoms with Crippen LogP contribution in [0.5, 0.6) is 0 Å². The fourth-order valence-corrected chi connectivity index (χ4v) is 1.71. The molecular formula is C7H12O. The zero-order valence-electron chi connectivity index (χ0n) is 5.48. The molecule has 8 heavy (non-hydrogen) atoms. The molecule has 46 valence electrons. The maximum Gasteiger partial charge on any atom is 0.0847 e. The summed E-state index contributed by atoms with van der Waals surface area (Å²) in [6.45, 7) is 4.64. The molecule has 2 fully saturated rings. The zero-order chi connectivity index (χ0) is 5.78. The number of hydrogen-bond donors (Lipinski definition) is 0. The van der Waals surface area contributed by atoms with Crippen LogP contribution in [0.4, 0.5) is 0 Å². The summed E-state index contributed by atoms with van der Waals surface area (Å²) in [5, 5.41) is 0. The Labute approximate surface area is 50.0 Å². The van der Waals surface area contributed by atoms with Gasteiger partial charge in [0.1, 0.15) is 0 Å². The minimum absolute atomic E-state index is 0.591. The van der Waals surface area contributed by atoms with Crippen LogP contribution < -0.4 is 0 Å². The molecule has 1 aliphatic heterocycles. The van der Waals surface area contributed by atoms with E-state index in [0.717, 1.165) is 0 Å². The third kappa shape index (κ3) is 0.576. The average molecular weight is 112 g/mol. The monoisotopic (exact) mass is 112 g/mol. The van der Waals surface area contributed by atoms with Crippen molar-refractivity contribution < 1.29 is 4.74 Å². The number of rotatable bonds is 0. The molecule has 0 aromatic rings. The SMILES string of the molecule is CC1(C)CC2OC2C1. The Kier molecular flexibility index (Phi) is 0.663. The van der Waals surface area contributed by atoms with Gasteiger partial charge in [0, 0.05) is 0 Å². The molecule has 1 saturated carbocycles. The third-order valence-electron chi connectivity index (χ3n) is 2.20. The van der Waals surface area contributed by atoms with Gasteiger partial charge in [-0.3, -0.25) is 0 Å². The van der Waals surface area contributed by atoms with Crippen molar-refractivity contribution in [3.8, 4) is 0 Å². The van der Waals surface area contributed by atoms with Crippen molar-refractivity contribution in [2.45, 2.75) is 38.9 Å². The van der Waals surface area contributed by atoms with Gasteiger partial charge in [0.25, 0.3) is 0 Å². The summed E-state index contributed by atoms with van der Waals surface area (Å²) in [5.41, 5.74) is 0.591. The van der Waals surface area contributed by atoms with Gasteiger partial charge in [-0.05, 0) is 18.3 Å². The van der Waals surface area contributed by atoms with E-state index >= 15 is 0 Å². The lowest BCUT2D eigenvalue weighted by Crippen LogP contribution is -2.08. The highest BCUT2D eigenvalue weighted by Gasteiger charge is 2.51. The van der Waals surface area contributed by atoms with Gasteiger partial charge in [-0.1, -0.05) is 13.8 Å². The number of fused-ring (bicyclic) bond motifs is 1. The van der Waals surface area contributed by atoms with Crippen LogP contribution >= 0.6 is 0 Å². The normalized spacial score (nSPS) is 48.8. The van der Waals surface area contributed by atoms with Crippen molar-refractivity contribution in [3.05, 3.63) is 0 Å². The Morgan fingerprint density at radius 2 is 1.75 bits per heavy atom. The maximum atomic E-state index is 5.29. The quantitative estimate of drug-likeness (QED) is 0.433. The van der Waals surface area contributed by atoms with Gasteiger partial charge < -0.3 is 4.74 Å². The predicted octanol–water partition coefficient (Wildman–Crippen LogP) is 1.57. The van der Waals surface area contributed by atoms with E-state index in [1.165, 1.54) is 12.8 Å². The standard InChI is InChI=1S/C7H12O/c1-7(2)3-5-6(4-7)8-5/h5-6H,3-4H2,1-2H3. The third-order valence-corrected chi connectivity index (χ3v) is 2.20. The highest BCUT2D eigenvalue weighted by atomic mass is 16.6. The van der Waals surface area contributed by atoms with Crippen molar-refractivity contribution in [2.24, 2.45) is 5.41 Å². The second kappa shape index (κ2) is 1.10. The van der Waals surface area contributed by atoms with E-state index in [-0.39, 0.29) is 0 Å². The minimum atomic E-state index is 0.591. The Morgan fingerprint density at radius 3 is 2.00 bits per heavy atom. The van der Waals surface area contributed by atoms with Gasteiger partial charge in [-0.15, -0.1) is 0 Å². The molecule has 0 bridgehead atoms. The second-order valence-corrected chi connectivity index (χ2v) is 3.79. The van der Waals surface area contributed by atoms with E-state index in [2.05, 4.69) is 13.8 Å². The largest absolute Gasteiger partial charge is 0.370 e. The molecule has 2 unspecified atom stereocenters. The Hall–Kier alpha value is -0.0400. The molecule has 1 heteroatoms.